The van der Waals surface area contributed by atoms with Crippen molar-refractivity contribution >= 4 is 29.7 Å². The van der Waals surface area contributed by atoms with Crippen LogP contribution in [0.25, 0.3) is 0 Å². The summed E-state index contributed by atoms with van der Waals surface area (Å²) in [5.74, 6) is 0.679. The number of carboxylic acid groups (broad SMARTS) is 1. The fourth-order valence-corrected chi connectivity index (χ4v) is 1.21. The van der Waals surface area contributed by atoms with Crippen molar-refractivity contribution in [2.24, 2.45) is 0 Å². The molecule has 0 spiro atoms. The molecule has 0 atom stereocenters. The van der Waals surface area contributed by atoms with Crippen LogP contribution in [0.5, 0.6) is 5.75 Å². The third-order valence-electron chi connectivity index (χ3n) is 1.19. The van der Waals surface area contributed by atoms with Crippen LogP contribution >= 0.6 is 23.2 Å². The topological polar surface area (TPSA) is 46.5 Å². The van der Waals surface area contributed by atoms with Gasteiger partial charge in [0.2, 0.25) is 0 Å². The normalized spacial score (nSPS) is 8.50. The van der Waals surface area contributed by atoms with E-state index in [1.165, 1.54) is 0 Å². The van der Waals surface area contributed by atoms with Gasteiger partial charge in [-0.25, -0.2) is 0 Å². The lowest BCUT2D eigenvalue weighted by Gasteiger charge is -2.04. The Bertz CT molecular complexity index is 289. The third-order valence-corrected chi connectivity index (χ3v) is 1.72. The van der Waals surface area contributed by atoms with E-state index in [1.54, 1.807) is 18.2 Å². The van der Waals surface area contributed by atoms with Crippen LogP contribution in [-0.4, -0.2) is 18.2 Å². The minimum atomic E-state index is -0.250. The molecular formula is C9H10Cl2O3. The maximum absolute atomic E-state index is 8.36. The highest BCUT2D eigenvalue weighted by molar-refractivity contribution is 6.35. The molecule has 0 aliphatic carbocycles. The molecule has 3 nitrogen and oxygen atoms in total. The van der Waals surface area contributed by atoms with Crippen LogP contribution in [0.2, 0.25) is 10.0 Å². The van der Waals surface area contributed by atoms with E-state index >= 15 is 0 Å². The van der Waals surface area contributed by atoms with Gasteiger partial charge < -0.3 is 9.84 Å². The second kappa shape index (κ2) is 7.47. The Morgan fingerprint density at radius 2 is 2.07 bits per heavy atom. The van der Waals surface area contributed by atoms with E-state index in [9.17, 15) is 0 Å². The Morgan fingerprint density at radius 1 is 1.50 bits per heavy atom. The zero-order valence-corrected chi connectivity index (χ0v) is 9.05. The molecule has 0 fully saturated rings. The first-order chi connectivity index (χ1) is 6.65. The van der Waals surface area contributed by atoms with Crippen molar-refractivity contribution in [1.29, 1.82) is 0 Å². The van der Waals surface area contributed by atoms with E-state index in [0.717, 1.165) is 0 Å². The highest BCUT2D eigenvalue weighted by Crippen LogP contribution is 2.27. The average molecular weight is 237 g/mol. The molecule has 1 aromatic carbocycles. The van der Waals surface area contributed by atoms with Gasteiger partial charge in [0.25, 0.3) is 6.47 Å². The molecule has 0 bridgehead atoms. The number of ether oxygens (including phenoxy) is 1. The van der Waals surface area contributed by atoms with Crippen molar-refractivity contribution in [3.63, 3.8) is 0 Å². The Labute approximate surface area is 92.2 Å². The van der Waals surface area contributed by atoms with Crippen molar-refractivity contribution in [2.75, 3.05) is 6.61 Å². The molecule has 0 amide bonds. The number of carbonyl (C=O) groups is 1. The number of hydrogen-bond acceptors (Lipinski definition) is 2. The van der Waals surface area contributed by atoms with Crippen LogP contribution in [0.4, 0.5) is 0 Å². The molecule has 0 aliphatic rings. The maximum Gasteiger partial charge on any atom is 0.290 e. The molecule has 0 heterocycles. The standard InChI is InChI=1S/C8H8Cl2O.CH2O2/c1-2-11-8-4-3-6(9)5-7(8)10;2-1-3/h3-5H,2H2,1H3;1H,(H,2,3). The number of benzene rings is 1. The average Bonchev–Trinajstić information content (AvgIpc) is 2.11. The lowest BCUT2D eigenvalue weighted by Crippen LogP contribution is -1.91. The van der Waals surface area contributed by atoms with Crippen molar-refractivity contribution < 1.29 is 14.6 Å². The molecule has 1 N–H and O–H groups in total. The second-order valence-electron chi connectivity index (χ2n) is 2.11. The molecule has 0 aliphatic heterocycles. The van der Waals surface area contributed by atoms with Crippen molar-refractivity contribution in [3.05, 3.63) is 28.2 Å². The Morgan fingerprint density at radius 3 is 2.50 bits per heavy atom. The third kappa shape index (κ3) is 4.94. The largest absolute Gasteiger partial charge is 0.492 e. The van der Waals surface area contributed by atoms with Crippen LogP contribution in [0, 0.1) is 0 Å². The summed E-state index contributed by atoms with van der Waals surface area (Å²) in [6.07, 6.45) is 0. The smallest absolute Gasteiger partial charge is 0.290 e. The molecular weight excluding hydrogens is 227 g/mol. The predicted octanol–water partition coefficient (Wildman–Crippen LogP) is 3.09. The van der Waals surface area contributed by atoms with Crippen LogP contribution < -0.4 is 4.74 Å². The van der Waals surface area contributed by atoms with Gasteiger partial charge in [0.1, 0.15) is 5.75 Å². The van der Waals surface area contributed by atoms with E-state index in [0.29, 0.717) is 22.4 Å². The van der Waals surface area contributed by atoms with Gasteiger partial charge in [-0.15, -0.1) is 0 Å². The molecule has 0 unspecified atom stereocenters. The molecule has 78 valence electrons. The Balaban J connectivity index is 0.000000500. The lowest BCUT2D eigenvalue weighted by atomic mass is 10.3. The molecule has 0 aromatic heterocycles. The van der Waals surface area contributed by atoms with Crippen molar-refractivity contribution in [1.82, 2.24) is 0 Å². The van der Waals surface area contributed by atoms with E-state index in [-0.39, 0.29) is 6.47 Å². The first-order valence-corrected chi connectivity index (χ1v) is 4.57. The fourth-order valence-electron chi connectivity index (χ4n) is 0.748. The molecule has 5 heteroatoms. The molecule has 14 heavy (non-hydrogen) atoms. The van der Waals surface area contributed by atoms with Crippen LogP contribution in [-0.2, 0) is 4.79 Å². The Kier molecular flexibility index (Phi) is 6.98. The van der Waals surface area contributed by atoms with Crippen LogP contribution in [0.15, 0.2) is 18.2 Å². The highest BCUT2D eigenvalue weighted by atomic mass is 35.5. The minimum Gasteiger partial charge on any atom is -0.492 e. The van der Waals surface area contributed by atoms with Gasteiger partial charge in [0.15, 0.2) is 0 Å². The lowest BCUT2D eigenvalue weighted by molar-refractivity contribution is -0.122. The zero-order chi connectivity index (χ0) is 11.0. The summed E-state index contributed by atoms with van der Waals surface area (Å²) in [5.41, 5.74) is 0. The van der Waals surface area contributed by atoms with Gasteiger partial charge in [-0.3, -0.25) is 4.79 Å². The monoisotopic (exact) mass is 236 g/mol. The van der Waals surface area contributed by atoms with Gasteiger partial charge in [-0.1, -0.05) is 23.2 Å². The second-order valence-corrected chi connectivity index (χ2v) is 2.96. The van der Waals surface area contributed by atoms with Gasteiger partial charge >= 0.3 is 0 Å². The van der Waals surface area contributed by atoms with E-state index in [1.807, 2.05) is 6.92 Å². The maximum atomic E-state index is 8.36. The molecule has 0 saturated heterocycles. The fraction of sp³-hybridized carbons (Fsp3) is 0.222. The number of hydrogen-bond donors (Lipinski definition) is 1. The van der Waals surface area contributed by atoms with Crippen LogP contribution in [0.3, 0.4) is 0 Å². The van der Waals surface area contributed by atoms with E-state index < -0.39 is 0 Å². The quantitative estimate of drug-likeness (QED) is 0.804. The summed E-state index contributed by atoms with van der Waals surface area (Å²) in [5, 5.41) is 8.07. The first kappa shape index (κ1) is 13.1. The SMILES string of the molecule is CCOc1ccc(Cl)cc1Cl.O=CO. The summed E-state index contributed by atoms with van der Waals surface area (Å²) in [6, 6.07) is 5.17. The Hall–Kier alpha value is -0.930. The summed E-state index contributed by atoms with van der Waals surface area (Å²) in [7, 11) is 0. The summed E-state index contributed by atoms with van der Waals surface area (Å²) in [4.78, 5) is 8.36. The summed E-state index contributed by atoms with van der Waals surface area (Å²) >= 11 is 11.5. The summed E-state index contributed by atoms with van der Waals surface area (Å²) in [6.45, 7) is 2.27. The van der Waals surface area contributed by atoms with Crippen LogP contribution in [0.1, 0.15) is 6.92 Å². The summed E-state index contributed by atoms with van der Waals surface area (Å²) < 4.78 is 5.20. The zero-order valence-electron chi connectivity index (χ0n) is 7.54. The van der Waals surface area contributed by atoms with E-state index in [2.05, 4.69) is 0 Å². The number of rotatable bonds is 2. The van der Waals surface area contributed by atoms with Crippen molar-refractivity contribution in [2.45, 2.75) is 6.92 Å². The van der Waals surface area contributed by atoms with Gasteiger partial charge in [0.05, 0.1) is 11.6 Å². The molecule has 1 aromatic rings. The first-order valence-electron chi connectivity index (χ1n) is 3.81. The van der Waals surface area contributed by atoms with E-state index in [4.69, 9.17) is 37.8 Å². The molecule has 0 saturated carbocycles. The van der Waals surface area contributed by atoms with Gasteiger partial charge in [-0.05, 0) is 25.1 Å². The highest BCUT2D eigenvalue weighted by Gasteiger charge is 1.99. The van der Waals surface area contributed by atoms with Gasteiger partial charge in [0, 0.05) is 5.02 Å². The predicted molar refractivity (Wildman–Crippen MR) is 56.3 cm³/mol. The molecule has 1 rings (SSSR count). The number of halogens is 2. The van der Waals surface area contributed by atoms with Gasteiger partial charge in [-0.2, -0.15) is 0 Å². The minimum absolute atomic E-state index is 0.250. The molecule has 0 radical (unpaired) electrons. The van der Waals surface area contributed by atoms with Crippen molar-refractivity contribution in [3.8, 4) is 5.75 Å².